The molecule has 0 bridgehead atoms. The molecule has 0 aromatic rings. The lowest BCUT2D eigenvalue weighted by Crippen LogP contribution is -2.24. The van der Waals surface area contributed by atoms with Gasteiger partial charge in [0.1, 0.15) is 0 Å². The second kappa shape index (κ2) is 2.84. The molecule has 0 aliphatic carbocycles. The van der Waals surface area contributed by atoms with Crippen molar-refractivity contribution in [2.24, 2.45) is 5.73 Å². The van der Waals surface area contributed by atoms with Crippen LogP contribution in [0.25, 0.3) is 0 Å². The first kappa shape index (κ1) is 5.79. The summed E-state index contributed by atoms with van der Waals surface area (Å²) in [5.74, 6) is 0. The van der Waals surface area contributed by atoms with Crippen LogP contribution in [0.5, 0.6) is 0 Å². The zero-order chi connectivity index (χ0) is 5.82. The van der Waals surface area contributed by atoms with Crippen LogP contribution in [0.3, 0.4) is 0 Å². The molecule has 3 N–H and O–H groups in total. The number of hydrogen-bond donors (Lipinski definition) is 2. The number of nitrogens with two attached hydrogens (primary N) is 1. The topological polar surface area (TPSA) is 38.0 Å². The Hall–Kier alpha value is -0.340. The van der Waals surface area contributed by atoms with Crippen LogP contribution in [0.15, 0.2) is 12.2 Å². The predicted molar refractivity (Wildman–Crippen MR) is 34.6 cm³/mol. The predicted octanol–water partition coefficient (Wildman–Crippen LogP) is -0.137. The SMILES string of the molecule is NCCC1C=CCN1. The summed E-state index contributed by atoms with van der Waals surface area (Å²) in [7, 11) is 0. The molecule has 1 atom stereocenters. The molecule has 0 fully saturated rings. The molecule has 0 radical (unpaired) electrons. The highest BCUT2D eigenvalue weighted by Gasteiger charge is 2.04. The van der Waals surface area contributed by atoms with Gasteiger partial charge in [0.15, 0.2) is 0 Å². The molecule has 0 spiro atoms. The van der Waals surface area contributed by atoms with Crippen molar-refractivity contribution < 1.29 is 0 Å². The molecule has 2 nitrogen and oxygen atoms in total. The van der Waals surface area contributed by atoms with Crippen molar-refractivity contribution in [3.05, 3.63) is 12.2 Å². The zero-order valence-electron chi connectivity index (χ0n) is 4.93. The number of nitrogens with one attached hydrogen (secondary N) is 1. The summed E-state index contributed by atoms with van der Waals surface area (Å²) >= 11 is 0. The average molecular weight is 112 g/mol. The quantitative estimate of drug-likeness (QED) is 0.488. The zero-order valence-corrected chi connectivity index (χ0v) is 4.93. The first-order valence-corrected chi connectivity index (χ1v) is 3.03. The molecular weight excluding hydrogens is 100 g/mol. The summed E-state index contributed by atoms with van der Waals surface area (Å²) in [6, 6.07) is 0.556. The lowest BCUT2D eigenvalue weighted by atomic mass is 10.2. The molecule has 2 heteroatoms. The summed E-state index contributed by atoms with van der Waals surface area (Å²) in [6.07, 6.45) is 5.38. The van der Waals surface area contributed by atoms with E-state index in [-0.39, 0.29) is 0 Å². The summed E-state index contributed by atoms with van der Waals surface area (Å²) in [4.78, 5) is 0. The van der Waals surface area contributed by atoms with Gasteiger partial charge in [-0.1, -0.05) is 12.2 Å². The number of rotatable bonds is 2. The van der Waals surface area contributed by atoms with E-state index in [1.165, 1.54) is 0 Å². The van der Waals surface area contributed by atoms with Gasteiger partial charge in [0.05, 0.1) is 0 Å². The van der Waals surface area contributed by atoms with Gasteiger partial charge >= 0.3 is 0 Å². The first-order valence-electron chi connectivity index (χ1n) is 3.03. The summed E-state index contributed by atoms with van der Waals surface area (Å²) in [6.45, 7) is 1.80. The van der Waals surface area contributed by atoms with Crippen LogP contribution in [0.2, 0.25) is 0 Å². The molecule has 8 heavy (non-hydrogen) atoms. The van der Waals surface area contributed by atoms with Crippen LogP contribution >= 0.6 is 0 Å². The lowest BCUT2D eigenvalue weighted by molar-refractivity contribution is 0.624. The van der Waals surface area contributed by atoms with Crippen LogP contribution < -0.4 is 11.1 Å². The minimum Gasteiger partial charge on any atom is -0.330 e. The fourth-order valence-electron chi connectivity index (χ4n) is 0.898. The molecule has 1 unspecified atom stereocenters. The Bertz CT molecular complexity index is 88.5. The monoisotopic (exact) mass is 112 g/mol. The molecule has 1 rings (SSSR count). The highest BCUT2D eigenvalue weighted by atomic mass is 14.9. The Labute approximate surface area is 49.8 Å². The van der Waals surface area contributed by atoms with Gasteiger partial charge in [0, 0.05) is 12.6 Å². The van der Waals surface area contributed by atoms with E-state index in [2.05, 4.69) is 17.5 Å². The van der Waals surface area contributed by atoms with E-state index in [0.717, 1.165) is 19.5 Å². The van der Waals surface area contributed by atoms with E-state index < -0.39 is 0 Å². The molecule has 46 valence electrons. The Kier molecular flexibility index (Phi) is 2.06. The van der Waals surface area contributed by atoms with E-state index in [4.69, 9.17) is 5.73 Å². The Morgan fingerprint density at radius 2 is 2.62 bits per heavy atom. The normalized spacial score (nSPS) is 26.9. The molecule has 0 amide bonds. The molecule has 0 aromatic carbocycles. The van der Waals surface area contributed by atoms with Gasteiger partial charge in [-0.15, -0.1) is 0 Å². The van der Waals surface area contributed by atoms with Crippen molar-refractivity contribution in [3.8, 4) is 0 Å². The second-order valence-electron chi connectivity index (χ2n) is 2.02. The van der Waals surface area contributed by atoms with Gasteiger partial charge in [0.2, 0.25) is 0 Å². The average Bonchev–Trinajstić information content (AvgIpc) is 2.19. The first-order chi connectivity index (χ1) is 3.93. The minimum atomic E-state index is 0.556. The molecule has 1 aliphatic heterocycles. The van der Waals surface area contributed by atoms with Crippen LogP contribution in [0.1, 0.15) is 6.42 Å². The van der Waals surface area contributed by atoms with Crippen molar-refractivity contribution in [2.75, 3.05) is 13.1 Å². The Balaban J connectivity index is 2.16. The third kappa shape index (κ3) is 1.32. The van der Waals surface area contributed by atoms with Gasteiger partial charge in [-0.3, -0.25) is 0 Å². The smallest absolute Gasteiger partial charge is 0.0265 e. The lowest BCUT2D eigenvalue weighted by Gasteiger charge is -2.04. The van der Waals surface area contributed by atoms with Gasteiger partial charge < -0.3 is 11.1 Å². The van der Waals surface area contributed by atoms with Crippen LogP contribution in [-0.4, -0.2) is 19.1 Å². The molecular formula is C6H12N2. The third-order valence-electron chi connectivity index (χ3n) is 1.34. The maximum absolute atomic E-state index is 5.33. The van der Waals surface area contributed by atoms with Gasteiger partial charge in [-0.25, -0.2) is 0 Å². The fourth-order valence-corrected chi connectivity index (χ4v) is 0.898. The molecule has 0 aromatic heterocycles. The Morgan fingerprint density at radius 1 is 1.75 bits per heavy atom. The molecule has 0 saturated carbocycles. The minimum absolute atomic E-state index is 0.556. The van der Waals surface area contributed by atoms with E-state index in [1.807, 2.05) is 0 Å². The van der Waals surface area contributed by atoms with Crippen molar-refractivity contribution in [3.63, 3.8) is 0 Å². The van der Waals surface area contributed by atoms with E-state index >= 15 is 0 Å². The maximum atomic E-state index is 5.33. The maximum Gasteiger partial charge on any atom is 0.0265 e. The van der Waals surface area contributed by atoms with Gasteiger partial charge in [-0.2, -0.15) is 0 Å². The summed E-state index contributed by atoms with van der Waals surface area (Å²) in [5, 5.41) is 3.27. The molecule has 1 aliphatic rings. The third-order valence-corrected chi connectivity index (χ3v) is 1.34. The largest absolute Gasteiger partial charge is 0.330 e. The van der Waals surface area contributed by atoms with Crippen molar-refractivity contribution >= 4 is 0 Å². The van der Waals surface area contributed by atoms with Crippen LogP contribution in [-0.2, 0) is 0 Å². The van der Waals surface area contributed by atoms with Gasteiger partial charge in [-0.05, 0) is 13.0 Å². The van der Waals surface area contributed by atoms with E-state index in [0.29, 0.717) is 6.04 Å². The van der Waals surface area contributed by atoms with E-state index in [9.17, 15) is 0 Å². The molecule has 0 saturated heterocycles. The fraction of sp³-hybridized carbons (Fsp3) is 0.667. The van der Waals surface area contributed by atoms with Crippen molar-refractivity contribution in [1.29, 1.82) is 0 Å². The van der Waals surface area contributed by atoms with Crippen molar-refractivity contribution in [2.45, 2.75) is 12.5 Å². The van der Waals surface area contributed by atoms with Crippen molar-refractivity contribution in [1.82, 2.24) is 5.32 Å². The summed E-state index contributed by atoms with van der Waals surface area (Å²) in [5.41, 5.74) is 5.33. The Morgan fingerprint density at radius 3 is 3.12 bits per heavy atom. The number of hydrogen-bond acceptors (Lipinski definition) is 2. The second-order valence-corrected chi connectivity index (χ2v) is 2.02. The molecule has 1 heterocycles. The van der Waals surface area contributed by atoms with Crippen LogP contribution in [0.4, 0.5) is 0 Å². The summed E-state index contributed by atoms with van der Waals surface area (Å²) < 4.78 is 0. The highest BCUT2D eigenvalue weighted by Crippen LogP contribution is 1.96. The van der Waals surface area contributed by atoms with Crippen LogP contribution in [0, 0.1) is 0 Å². The van der Waals surface area contributed by atoms with E-state index in [1.54, 1.807) is 0 Å². The standard InChI is InChI=1S/C6H12N2/c7-4-3-6-2-1-5-8-6/h1-2,6,8H,3-5,7H2. The van der Waals surface area contributed by atoms with Gasteiger partial charge in [0.25, 0.3) is 0 Å². The highest BCUT2D eigenvalue weighted by molar-refractivity contribution is 5.01.